The van der Waals surface area contributed by atoms with E-state index in [2.05, 4.69) is 20.9 Å². The number of hydrogen-bond donors (Lipinski definition) is 7. The molecule has 0 bridgehead atoms. The molecule has 1 aromatic heterocycles. The summed E-state index contributed by atoms with van der Waals surface area (Å²) in [5.74, 6) is -2.39. The number of nitrogens with two attached hydrogens (primary N) is 2. The maximum absolute atomic E-state index is 13.8. The molecule has 1 aliphatic carbocycles. The lowest BCUT2D eigenvalue weighted by atomic mass is 9.83. The summed E-state index contributed by atoms with van der Waals surface area (Å²) in [6, 6.07) is 20.1. The van der Waals surface area contributed by atoms with E-state index in [9.17, 15) is 24.3 Å². The van der Waals surface area contributed by atoms with Gasteiger partial charge in [0.25, 0.3) is 0 Å². The van der Waals surface area contributed by atoms with Crippen LogP contribution in [0.25, 0.3) is 10.9 Å². The number of aromatic amines is 1. The molecule has 0 unspecified atom stereocenters. The van der Waals surface area contributed by atoms with Crippen molar-refractivity contribution in [2.75, 3.05) is 0 Å². The van der Waals surface area contributed by atoms with Gasteiger partial charge in [-0.05, 0) is 54.2 Å². The largest absolute Gasteiger partial charge is 0.508 e. The van der Waals surface area contributed by atoms with Crippen molar-refractivity contribution in [3.8, 4) is 5.75 Å². The molecule has 0 radical (unpaired) electrons. The summed E-state index contributed by atoms with van der Waals surface area (Å²) in [7, 11) is 0. The van der Waals surface area contributed by atoms with Gasteiger partial charge in [0.15, 0.2) is 0 Å². The highest BCUT2D eigenvalue weighted by atomic mass is 16.3. The molecule has 0 aliphatic heterocycles. The Morgan fingerprint density at radius 1 is 0.787 bits per heavy atom. The van der Waals surface area contributed by atoms with E-state index in [-0.39, 0.29) is 36.8 Å². The first-order chi connectivity index (χ1) is 22.7. The summed E-state index contributed by atoms with van der Waals surface area (Å²) < 4.78 is 0. The Labute approximate surface area is 273 Å². The first kappa shape index (κ1) is 33.2. The van der Waals surface area contributed by atoms with Gasteiger partial charge < -0.3 is 37.5 Å². The van der Waals surface area contributed by atoms with Gasteiger partial charge >= 0.3 is 0 Å². The van der Waals surface area contributed by atoms with Crippen LogP contribution in [0, 0.1) is 5.92 Å². The normalized spacial score (nSPS) is 18.1. The molecule has 47 heavy (non-hydrogen) atoms. The zero-order valence-corrected chi connectivity index (χ0v) is 26.2. The second-order valence-electron chi connectivity index (χ2n) is 12.3. The standard InChI is InChI=1S/C36H42N6O5/c37-28(18-23-14-16-25(43)17-15-23)35(46)40-30-13-7-5-11-27(30)34(45)42-32(19-22-8-2-1-3-9-22)36(47)41-31(33(38)44)20-24-21-39-29-12-6-4-10-26(24)29/h1-4,6,8-10,12,14-17,21,27-28,30-32,39,43H,5,7,11,13,18-20,37H2,(H2,38,44)(H,40,46)(H,41,47)(H,42,45)/t27-,28-,30+,31-,32-/m0/s1. The lowest BCUT2D eigenvalue weighted by Crippen LogP contribution is -2.57. The van der Waals surface area contributed by atoms with E-state index in [0.717, 1.165) is 40.4 Å². The average molecular weight is 639 g/mol. The van der Waals surface area contributed by atoms with Gasteiger partial charge in [-0.3, -0.25) is 19.2 Å². The number of hydrogen-bond acceptors (Lipinski definition) is 6. The van der Waals surface area contributed by atoms with Crippen molar-refractivity contribution in [2.45, 2.75) is 69.1 Å². The molecule has 0 spiro atoms. The van der Waals surface area contributed by atoms with Crippen LogP contribution >= 0.6 is 0 Å². The van der Waals surface area contributed by atoms with Crippen molar-refractivity contribution in [2.24, 2.45) is 17.4 Å². The monoisotopic (exact) mass is 638 g/mol. The second-order valence-corrected chi connectivity index (χ2v) is 12.3. The summed E-state index contributed by atoms with van der Waals surface area (Å²) in [6.07, 6.45) is 5.21. The van der Waals surface area contributed by atoms with E-state index in [1.807, 2.05) is 54.6 Å². The molecule has 1 fully saturated rings. The number of rotatable bonds is 13. The number of nitrogens with one attached hydrogen (secondary N) is 4. The molecule has 5 atom stereocenters. The fourth-order valence-electron chi connectivity index (χ4n) is 6.24. The van der Waals surface area contributed by atoms with Crippen LogP contribution in [0.15, 0.2) is 85.1 Å². The number of H-pyrrole nitrogens is 1. The predicted molar refractivity (Wildman–Crippen MR) is 179 cm³/mol. The maximum Gasteiger partial charge on any atom is 0.243 e. The number of primary amides is 1. The van der Waals surface area contributed by atoms with Crippen LogP contribution in [0.1, 0.15) is 42.4 Å². The Balaban J connectivity index is 1.28. The molecule has 3 aromatic carbocycles. The number of carbonyl (C=O) groups excluding carboxylic acids is 4. The minimum atomic E-state index is -1.01. The zero-order chi connectivity index (χ0) is 33.3. The third-order valence-corrected chi connectivity index (χ3v) is 8.83. The van der Waals surface area contributed by atoms with Gasteiger partial charge in [0.2, 0.25) is 23.6 Å². The minimum Gasteiger partial charge on any atom is -0.508 e. The fraction of sp³-hybridized carbons (Fsp3) is 0.333. The Morgan fingerprint density at radius 3 is 2.21 bits per heavy atom. The number of phenolic OH excluding ortho intramolecular Hbond substituents is 1. The van der Waals surface area contributed by atoms with Gasteiger partial charge in [-0.25, -0.2) is 0 Å². The molecule has 0 saturated heterocycles. The molecule has 9 N–H and O–H groups in total. The molecule has 4 amide bonds. The summed E-state index contributed by atoms with van der Waals surface area (Å²) in [5.41, 5.74) is 15.3. The highest BCUT2D eigenvalue weighted by Gasteiger charge is 2.35. The summed E-state index contributed by atoms with van der Waals surface area (Å²) in [6.45, 7) is 0. The van der Waals surface area contributed by atoms with Crippen LogP contribution < -0.4 is 27.4 Å². The summed E-state index contributed by atoms with van der Waals surface area (Å²) in [4.78, 5) is 56.4. The molecular weight excluding hydrogens is 596 g/mol. The summed E-state index contributed by atoms with van der Waals surface area (Å²) in [5, 5.41) is 19.2. The molecule has 246 valence electrons. The number of phenols is 1. The molecular formula is C36H42N6O5. The van der Waals surface area contributed by atoms with Gasteiger partial charge in [0.1, 0.15) is 17.8 Å². The Bertz CT molecular complexity index is 1690. The van der Waals surface area contributed by atoms with E-state index in [4.69, 9.17) is 11.5 Å². The third kappa shape index (κ3) is 8.76. The number of aromatic hydroxyl groups is 1. The molecule has 1 saturated carbocycles. The number of amides is 4. The van der Waals surface area contributed by atoms with Crippen molar-refractivity contribution in [1.82, 2.24) is 20.9 Å². The fourth-order valence-corrected chi connectivity index (χ4v) is 6.24. The quantitative estimate of drug-likeness (QED) is 0.118. The SMILES string of the molecule is NC(=O)[C@H](Cc1c[nH]c2ccccc12)NC(=O)[C@H](Cc1ccccc1)NC(=O)[C@H]1CCCC[C@H]1NC(=O)[C@@H](N)Cc1ccc(O)cc1. The minimum absolute atomic E-state index is 0.126. The lowest BCUT2D eigenvalue weighted by Gasteiger charge is -2.33. The molecule has 11 nitrogen and oxygen atoms in total. The predicted octanol–water partition coefficient (Wildman–Crippen LogP) is 2.36. The van der Waals surface area contributed by atoms with E-state index in [1.54, 1.807) is 18.3 Å². The molecule has 1 heterocycles. The van der Waals surface area contributed by atoms with Crippen LogP contribution in [-0.4, -0.2) is 57.9 Å². The number of carbonyl (C=O) groups is 4. The first-order valence-electron chi connectivity index (χ1n) is 16.0. The van der Waals surface area contributed by atoms with Gasteiger partial charge in [-0.2, -0.15) is 0 Å². The summed E-state index contributed by atoms with van der Waals surface area (Å²) >= 11 is 0. The number of benzene rings is 3. The van der Waals surface area contributed by atoms with Gasteiger partial charge in [-0.1, -0.05) is 73.5 Å². The van der Waals surface area contributed by atoms with Gasteiger partial charge in [-0.15, -0.1) is 0 Å². The van der Waals surface area contributed by atoms with Crippen molar-refractivity contribution < 1.29 is 24.3 Å². The molecule has 4 aromatic rings. The zero-order valence-electron chi connectivity index (χ0n) is 26.2. The maximum atomic E-state index is 13.8. The lowest BCUT2D eigenvalue weighted by molar-refractivity contribution is -0.134. The number of fused-ring (bicyclic) bond motifs is 1. The van der Waals surface area contributed by atoms with Crippen LogP contribution in [0.5, 0.6) is 5.75 Å². The second kappa shape index (κ2) is 15.4. The van der Waals surface area contributed by atoms with Crippen molar-refractivity contribution in [3.63, 3.8) is 0 Å². The highest BCUT2D eigenvalue weighted by Crippen LogP contribution is 2.26. The van der Waals surface area contributed by atoms with E-state index < -0.39 is 41.9 Å². The van der Waals surface area contributed by atoms with Crippen LogP contribution in [0.3, 0.4) is 0 Å². The number of para-hydroxylation sites is 1. The third-order valence-electron chi connectivity index (χ3n) is 8.83. The Hall–Kier alpha value is -5.16. The topological polar surface area (TPSA) is 192 Å². The van der Waals surface area contributed by atoms with E-state index in [0.29, 0.717) is 12.8 Å². The van der Waals surface area contributed by atoms with Crippen molar-refractivity contribution >= 4 is 34.5 Å². The molecule has 1 aliphatic rings. The van der Waals surface area contributed by atoms with Crippen LogP contribution in [-0.2, 0) is 38.4 Å². The van der Waals surface area contributed by atoms with E-state index in [1.165, 1.54) is 12.1 Å². The smallest absolute Gasteiger partial charge is 0.243 e. The number of aromatic nitrogens is 1. The van der Waals surface area contributed by atoms with Gasteiger partial charge in [0.05, 0.1) is 12.0 Å². The van der Waals surface area contributed by atoms with Gasteiger partial charge in [0, 0.05) is 36.0 Å². The van der Waals surface area contributed by atoms with Crippen molar-refractivity contribution in [1.29, 1.82) is 0 Å². The Kier molecular flexibility index (Phi) is 10.9. The van der Waals surface area contributed by atoms with E-state index >= 15 is 0 Å². The van der Waals surface area contributed by atoms with Crippen LogP contribution in [0.2, 0.25) is 0 Å². The van der Waals surface area contributed by atoms with Crippen LogP contribution in [0.4, 0.5) is 0 Å². The Morgan fingerprint density at radius 2 is 1.47 bits per heavy atom. The average Bonchev–Trinajstić information content (AvgIpc) is 3.48. The van der Waals surface area contributed by atoms with Crippen molar-refractivity contribution in [3.05, 3.63) is 102 Å². The first-order valence-corrected chi connectivity index (χ1v) is 16.0. The highest BCUT2D eigenvalue weighted by molar-refractivity contribution is 5.93. The molecule has 11 heteroatoms. The molecule has 5 rings (SSSR count).